The van der Waals surface area contributed by atoms with Gasteiger partial charge in [-0.3, -0.25) is 9.59 Å². The molecule has 22 heavy (non-hydrogen) atoms. The van der Waals surface area contributed by atoms with E-state index in [0.717, 1.165) is 12.0 Å². The average Bonchev–Trinajstić information content (AvgIpc) is 2.97. The summed E-state index contributed by atoms with van der Waals surface area (Å²) in [6, 6.07) is 3.61. The van der Waals surface area contributed by atoms with E-state index in [4.69, 9.17) is 16.3 Å². The quantitative estimate of drug-likeness (QED) is 0.631. The number of nitrogens with zero attached hydrogens (tertiary/aromatic N) is 2. The van der Waals surface area contributed by atoms with Gasteiger partial charge in [-0.25, -0.2) is 4.98 Å². The molecule has 5 nitrogen and oxygen atoms in total. The maximum absolute atomic E-state index is 10.7. The standard InChI is InChI=1S/C7H8ClNO.C7H9NO2.C2H6/c1-5-3-6(8)9-7(4-5)10-2;1-6(10)7-3-2-4-8(7)5-9;1-2/h3-4H,1-2H3;3,5H,2,4H2,1H3;1-2H3. The molecule has 1 aliphatic rings. The third kappa shape index (κ3) is 6.72. The number of ketones is 1. The van der Waals surface area contributed by atoms with Gasteiger partial charge in [-0.15, -0.1) is 0 Å². The summed E-state index contributed by atoms with van der Waals surface area (Å²) < 4.78 is 4.88. The van der Waals surface area contributed by atoms with Crippen LogP contribution in [0.1, 0.15) is 32.8 Å². The largest absolute Gasteiger partial charge is 0.481 e. The first-order chi connectivity index (χ1) is 10.5. The minimum Gasteiger partial charge on any atom is -0.481 e. The first-order valence-corrected chi connectivity index (χ1v) is 7.47. The number of ether oxygens (including phenoxy) is 1. The topological polar surface area (TPSA) is 59.5 Å². The van der Waals surface area contributed by atoms with Crippen LogP contribution < -0.4 is 4.74 Å². The zero-order chi connectivity index (χ0) is 17.1. The molecule has 1 aromatic heterocycles. The fraction of sp³-hybridized carbons (Fsp3) is 0.438. The minimum atomic E-state index is -0.0374. The summed E-state index contributed by atoms with van der Waals surface area (Å²) in [6.07, 6.45) is 3.28. The Labute approximate surface area is 136 Å². The predicted octanol–water partition coefficient (Wildman–Crippen LogP) is 3.40. The molecule has 0 aliphatic carbocycles. The van der Waals surface area contributed by atoms with Gasteiger partial charge >= 0.3 is 0 Å². The molecule has 0 fully saturated rings. The van der Waals surface area contributed by atoms with Crippen LogP contribution in [0.15, 0.2) is 23.9 Å². The summed E-state index contributed by atoms with van der Waals surface area (Å²) in [5, 5.41) is 0.469. The molecule has 2 rings (SSSR count). The number of Topliss-reactive ketones (excluding diaryl/α,β-unsaturated/α-hetero) is 1. The Bertz CT molecular complexity index is 510. The second-order valence-corrected chi connectivity index (χ2v) is 4.63. The van der Waals surface area contributed by atoms with E-state index in [1.165, 1.54) is 11.8 Å². The van der Waals surface area contributed by atoms with Crippen LogP contribution in [-0.4, -0.2) is 35.7 Å². The Morgan fingerprint density at radius 2 is 2.05 bits per heavy atom. The van der Waals surface area contributed by atoms with Crippen molar-refractivity contribution in [2.75, 3.05) is 13.7 Å². The second-order valence-electron chi connectivity index (χ2n) is 4.24. The fourth-order valence-corrected chi connectivity index (χ4v) is 1.99. The molecule has 0 aromatic carbocycles. The summed E-state index contributed by atoms with van der Waals surface area (Å²) >= 11 is 5.64. The van der Waals surface area contributed by atoms with Crippen molar-refractivity contribution in [3.8, 4) is 5.88 Å². The van der Waals surface area contributed by atoms with Crippen LogP contribution in [0.25, 0.3) is 0 Å². The van der Waals surface area contributed by atoms with Crippen molar-refractivity contribution in [1.82, 2.24) is 9.88 Å². The number of rotatable bonds is 3. The van der Waals surface area contributed by atoms with E-state index >= 15 is 0 Å². The highest BCUT2D eigenvalue weighted by molar-refractivity contribution is 6.29. The Morgan fingerprint density at radius 1 is 1.41 bits per heavy atom. The van der Waals surface area contributed by atoms with E-state index < -0.39 is 0 Å². The molecule has 1 aliphatic heterocycles. The summed E-state index contributed by atoms with van der Waals surface area (Å²) in [5.74, 6) is 0.523. The lowest BCUT2D eigenvalue weighted by Crippen LogP contribution is -2.21. The molecule has 6 heteroatoms. The molecule has 0 bridgehead atoms. The number of carbonyl (C=O) groups is 2. The molecule has 0 atom stereocenters. The Kier molecular flexibility index (Phi) is 9.87. The number of aryl methyl sites for hydroxylation is 1. The number of pyridine rings is 1. The van der Waals surface area contributed by atoms with E-state index in [9.17, 15) is 9.59 Å². The van der Waals surface area contributed by atoms with E-state index in [0.29, 0.717) is 29.7 Å². The van der Waals surface area contributed by atoms with Crippen molar-refractivity contribution in [3.63, 3.8) is 0 Å². The Balaban J connectivity index is 0.000000360. The number of amides is 1. The highest BCUT2D eigenvalue weighted by atomic mass is 35.5. The van der Waals surface area contributed by atoms with E-state index in [-0.39, 0.29) is 5.78 Å². The van der Waals surface area contributed by atoms with Crippen LogP contribution in [0, 0.1) is 6.92 Å². The third-order valence-electron chi connectivity index (χ3n) is 2.63. The zero-order valence-electron chi connectivity index (χ0n) is 13.7. The lowest BCUT2D eigenvalue weighted by molar-refractivity contribution is -0.121. The monoisotopic (exact) mass is 326 g/mol. The maximum Gasteiger partial charge on any atom is 0.214 e. The highest BCUT2D eigenvalue weighted by Gasteiger charge is 2.16. The van der Waals surface area contributed by atoms with Gasteiger partial charge in [0.05, 0.1) is 12.8 Å². The summed E-state index contributed by atoms with van der Waals surface area (Å²) in [5.41, 5.74) is 1.59. The number of carbonyl (C=O) groups excluding carboxylic acids is 2. The van der Waals surface area contributed by atoms with Gasteiger partial charge in [-0.1, -0.05) is 31.5 Å². The van der Waals surface area contributed by atoms with Crippen LogP contribution in [0.2, 0.25) is 5.15 Å². The summed E-state index contributed by atoms with van der Waals surface area (Å²) in [6.45, 7) is 8.06. The molecular formula is C16H23ClN2O3. The van der Waals surface area contributed by atoms with Crippen molar-refractivity contribution in [3.05, 3.63) is 34.6 Å². The molecule has 0 spiro atoms. The molecular weight excluding hydrogens is 304 g/mol. The van der Waals surface area contributed by atoms with Crippen molar-refractivity contribution in [2.24, 2.45) is 0 Å². The van der Waals surface area contributed by atoms with Gasteiger partial charge in [0, 0.05) is 19.5 Å². The Morgan fingerprint density at radius 3 is 2.45 bits per heavy atom. The zero-order valence-corrected chi connectivity index (χ0v) is 14.5. The molecule has 0 saturated carbocycles. The summed E-state index contributed by atoms with van der Waals surface area (Å²) in [7, 11) is 1.57. The number of aromatic nitrogens is 1. The first kappa shape index (κ1) is 20.1. The van der Waals surface area contributed by atoms with Crippen molar-refractivity contribution >= 4 is 23.8 Å². The maximum atomic E-state index is 10.7. The van der Waals surface area contributed by atoms with Gasteiger partial charge in [0.2, 0.25) is 12.3 Å². The smallest absolute Gasteiger partial charge is 0.214 e. The van der Waals surface area contributed by atoms with Crippen molar-refractivity contribution in [2.45, 2.75) is 34.1 Å². The average molecular weight is 327 g/mol. The van der Waals surface area contributed by atoms with Crippen LogP contribution in [0.4, 0.5) is 0 Å². The highest BCUT2D eigenvalue weighted by Crippen LogP contribution is 2.14. The van der Waals surface area contributed by atoms with E-state index in [1.54, 1.807) is 19.3 Å². The molecule has 122 valence electrons. The number of hydrogen-bond donors (Lipinski definition) is 0. The Hall–Kier alpha value is -1.88. The van der Waals surface area contributed by atoms with Crippen LogP contribution in [-0.2, 0) is 9.59 Å². The number of allylic oxidation sites excluding steroid dienone is 1. The minimum absolute atomic E-state index is 0.0374. The van der Waals surface area contributed by atoms with Crippen LogP contribution in [0.3, 0.4) is 0 Å². The van der Waals surface area contributed by atoms with Crippen LogP contribution in [0.5, 0.6) is 5.88 Å². The lowest BCUT2D eigenvalue weighted by Gasteiger charge is -2.10. The third-order valence-corrected chi connectivity index (χ3v) is 2.82. The van der Waals surface area contributed by atoms with Crippen molar-refractivity contribution in [1.29, 1.82) is 0 Å². The predicted molar refractivity (Wildman–Crippen MR) is 88.0 cm³/mol. The number of methoxy groups -OCH3 is 1. The molecule has 0 unspecified atom stereocenters. The second kappa shape index (κ2) is 10.8. The van der Waals surface area contributed by atoms with Gasteiger partial charge in [0.1, 0.15) is 5.15 Å². The van der Waals surface area contributed by atoms with Crippen LogP contribution >= 0.6 is 11.6 Å². The molecule has 0 N–H and O–H groups in total. The van der Waals surface area contributed by atoms with E-state index in [2.05, 4.69) is 4.98 Å². The van der Waals surface area contributed by atoms with E-state index in [1.807, 2.05) is 26.8 Å². The molecule has 0 radical (unpaired) electrons. The van der Waals surface area contributed by atoms with Gasteiger partial charge in [0.25, 0.3) is 0 Å². The fourth-order valence-electron chi connectivity index (χ4n) is 1.73. The molecule has 1 amide bonds. The van der Waals surface area contributed by atoms with Crippen molar-refractivity contribution < 1.29 is 14.3 Å². The first-order valence-electron chi connectivity index (χ1n) is 7.09. The normalized spacial score (nSPS) is 12.3. The van der Waals surface area contributed by atoms with Gasteiger partial charge in [-0.2, -0.15) is 0 Å². The lowest BCUT2D eigenvalue weighted by atomic mass is 10.3. The number of hydrogen-bond acceptors (Lipinski definition) is 4. The van der Waals surface area contributed by atoms with Gasteiger partial charge in [0.15, 0.2) is 5.78 Å². The number of halogens is 1. The summed E-state index contributed by atoms with van der Waals surface area (Å²) in [4.78, 5) is 26.3. The van der Waals surface area contributed by atoms with Gasteiger partial charge in [-0.05, 0) is 25.0 Å². The SMILES string of the molecule is CC.CC(=O)C1=CCCN1C=O.COc1cc(C)cc(Cl)n1. The molecule has 2 heterocycles. The van der Waals surface area contributed by atoms with Gasteiger partial charge < -0.3 is 9.64 Å². The molecule has 0 saturated heterocycles. The molecule has 1 aromatic rings.